The van der Waals surface area contributed by atoms with Gasteiger partial charge in [-0.1, -0.05) is 30.3 Å². The van der Waals surface area contributed by atoms with Crippen molar-refractivity contribution in [3.63, 3.8) is 0 Å². The van der Waals surface area contributed by atoms with E-state index in [1.807, 2.05) is 0 Å². The molecule has 2 amide bonds. The second-order valence-electron chi connectivity index (χ2n) is 6.05. The van der Waals surface area contributed by atoms with Crippen LogP contribution in [0.5, 0.6) is 5.75 Å². The van der Waals surface area contributed by atoms with Crippen LogP contribution >= 0.6 is 0 Å². The Hall–Kier alpha value is -2.95. The van der Waals surface area contributed by atoms with Gasteiger partial charge in [0.15, 0.2) is 0 Å². The summed E-state index contributed by atoms with van der Waals surface area (Å²) in [5.74, 6) is -4.33. The quantitative estimate of drug-likeness (QED) is 0.514. The molecule has 0 unspecified atom stereocenters. The highest BCUT2D eigenvalue weighted by Gasteiger charge is 2.40. The normalized spacial score (nSPS) is 11.6. The number of benzene rings is 2. The molecule has 0 atom stereocenters. The van der Waals surface area contributed by atoms with Gasteiger partial charge in [0.25, 0.3) is 0 Å². The summed E-state index contributed by atoms with van der Waals surface area (Å²) in [6.45, 7) is -4.91. The standard InChI is InChI=1S/C19H18F6N2O3/c20-16(21)19(24,25)11-29-10-12-4-3-6-14(8-12)27-18(28)26-9-13-5-1-2-7-15(13)30-17(22)23/h1-8,16-17H,9-11H2,(H2,26,27,28). The van der Waals surface area contributed by atoms with Crippen molar-refractivity contribution in [3.8, 4) is 5.75 Å². The fourth-order valence-electron chi connectivity index (χ4n) is 2.32. The first-order chi connectivity index (χ1) is 14.2. The van der Waals surface area contributed by atoms with E-state index in [9.17, 15) is 31.1 Å². The first kappa shape index (κ1) is 23.3. The molecule has 2 aromatic rings. The van der Waals surface area contributed by atoms with E-state index in [0.717, 1.165) is 0 Å². The maximum Gasteiger partial charge on any atom is 0.387 e. The Kier molecular flexibility index (Phi) is 8.34. The first-order valence-corrected chi connectivity index (χ1v) is 8.57. The number of para-hydroxylation sites is 1. The molecule has 2 N–H and O–H groups in total. The van der Waals surface area contributed by atoms with Crippen molar-refractivity contribution in [2.24, 2.45) is 0 Å². The highest BCUT2D eigenvalue weighted by atomic mass is 19.3. The van der Waals surface area contributed by atoms with E-state index in [1.165, 1.54) is 42.5 Å². The molecule has 164 valence electrons. The fraction of sp³-hybridized carbons (Fsp3) is 0.316. The molecule has 30 heavy (non-hydrogen) atoms. The zero-order valence-electron chi connectivity index (χ0n) is 15.4. The van der Waals surface area contributed by atoms with Crippen molar-refractivity contribution >= 4 is 11.7 Å². The molecular weight excluding hydrogens is 418 g/mol. The first-order valence-electron chi connectivity index (χ1n) is 8.57. The molecule has 0 aliphatic carbocycles. The van der Waals surface area contributed by atoms with Gasteiger partial charge in [-0.05, 0) is 23.8 Å². The SMILES string of the molecule is O=C(NCc1ccccc1OC(F)F)Nc1cccc(COCC(F)(F)C(F)F)c1. The number of carbonyl (C=O) groups is 1. The minimum Gasteiger partial charge on any atom is -0.434 e. The molecular formula is C19H18F6N2O3. The van der Waals surface area contributed by atoms with Crippen LogP contribution in [0.2, 0.25) is 0 Å². The summed E-state index contributed by atoms with van der Waals surface area (Å²) in [4.78, 5) is 12.0. The van der Waals surface area contributed by atoms with E-state index >= 15 is 0 Å². The summed E-state index contributed by atoms with van der Waals surface area (Å²) in [6.07, 6.45) is -3.83. The molecule has 0 aliphatic heterocycles. The van der Waals surface area contributed by atoms with Gasteiger partial charge in [0, 0.05) is 17.8 Å². The lowest BCUT2D eigenvalue weighted by atomic mass is 10.2. The smallest absolute Gasteiger partial charge is 0.387 e. The van der Waals surface area contributed by atoms with Crippen molar-refractivity contribution in [2.75, 3.05) is 11.9 Å². The number of ether oxygens (including phenoxy) is 2. The number of nitrogens with one attached hydrogen (secondary N) is 2. The summed E-state index contributed by atoms with van der Waals surface area (Å²) in [5.41, 5.74) is 0.981. The predicted octanol–water partition coefficient (Wildman–Crippen LogP) is 5.03. The molecule has 11 heteroatoms. The highest BCUT2D eigenvalue weighted by molar-refractivity contribution is 5.89. The lowest BCUT2D eigenvalue weighted by Gasteiger charge is -2.15. The van der Waals surface area contributed by atoms with Crippen LogP contribution in [0.3, 0.4) is 0 Å². The Morgan fingerprint density at radius 2 is 1.77 bits per heavy atom. The maximum absolute atomic E-state index is 12.8. The Morgan fingerprint density at radius 3 is 2.47 bits per heavy atom. The molecule has 0 saturated heterocycles. The lowest BCUT2D eigenvalue weighted by molar-refractivity contribution is -0.168. The summed E-state index contributed by atoms with van der Waals surface area (Å²) in [6, 6.07) is 11.2. The Morgan fingerprint density at radius 1 is 1.03 bits per heavy atom. The number of urea groups is 1. The third kappa shape index (κ3) is 7.47. The van der Waals surface area contributed by atoms with Gasteiger partial charge in [-0.25, -0.2) is 13.6 Å². The monoisotopic (exact) mass is 436 g/mol. The van der Waals surface area contributed by atoms with E-state index in [4.69, 9.17) is 0 Å². The minimum atomic E-state index is -4.25. The van der Waals surface area contributed by atoms with Crippen LogP contribution in [0.15, 0.2) is 48.5 Å². The molecule has 0 spiro atoms. The van der Waals surface area contributed by atoms with Crippen LogP contribution in [-0.2, 0) is 17.9 Å². The minimum absolute atomic E-state index is 0.0763. The van der Waals surface area contributed by atoms with Gasteiger partial charge in [-0.3, -0.25) is 0 Å². The van der Waals surface area contributed by atoms with E-state index in [-0.39, 0.29) is 24.6 Å². The number of alkyl halides is 6. The average Bonchev–Trinajstić information content (AvgIpc) is 2.67. The number of hydrogen-bond donors (Lipinski definition) is 2. The number of anilines is 1. The number of rotatable bonds is 10. The van der Waals surface area contributed by atoms with Gasteiger partial charge in [0.2, 0.25) is 0 Å². The van der Waals surface area contributed by atoms with Crippen molar-refractivity contribution in [1.29, 1.82) is 0 Å². The molecule has 0 radical (unpaired) electrons. The second kappa shape index (κ2) is 10.7. The van der Waals surface area contributed by atoms with Gasteiger partial charge < -0.3 is 20.1 Å². The number of halogens is 6. The van der Waals surface area contributed by atoms with Crippen LogP contribution < -0.4 is 15.4 Å². The van der Waals surface area contributed by atoms with E-state index < -0.39 is 31.6 Å². The van der Waals surface area contributed by atoms with E-state index in [2.05, 4.69) is 20.1 Å². The summed E-state index contributed by atoms with van der Waals surface area (Å²) in [7, 11) is 0. The van der Waals surface area contributed by atoms with Crippen LogP contribution in [-0.4, -0.2) is 31.6 Å². The Labute approximate surface area is 168 Å². The van der Waals surface area contributed by atoms with Gasteiger partial charge >= 0.3 is 25.0 Å². The topological polar surface area (TPSA) is 59.6 Å². The molecule has 0 heterocycles. The van der Waals surface area contributed by atoms with Crippen molar-refractivity contribution in [1.82, 2.24) is 5.32 Å². The molecule has 0 aromatic heterocycles. The lowest BCUT2D eigenvalue weighted by Crippen LogP contribution is -2.32. The maximum atomic E-state index is 12.8. The van der Waals surface area contributed by atoms with Crippen molar-refractivity contribution in [2.45, 2.75) is 32.1 Å². The summed E-state index contributed by atoms with van der Waals surface area (Å²) in [5, 5.41) is 4.94. The Balaban J connectivity index is 1.87. The second-order valence-corrected chi connectivity index (χ2v) is 6.05. The predicted molar refractivity (Wildman–Crippen MR) is 96.0 cm³/mol. The van der Waals surface area contributed by atoms with E-state index in [1.54, 1.807) is 6.07 Å². The molecule has 0 fully saturated rings. The number of carbonyl (C=O) groups excluding carboxylic acids is 1. The van der Waals surface area contributed by atoms with Crippen LogP contribution in [0.4, 0.5) is 36.8 Å². The third-order valence-electron chi connectivity index (χ3n) is 3.70. The zero-order valence-corrected chi connectivity index (χ0v) is 15.4. The van der Waals surface area contributed by atoms with E-state index in [0.29, 0.717) is 11.1 Å². The molecule has 2 aromatic carbocycles. The van der Waals surface area contributed by atoms with Gasteiger partial charge in [0.05, 0.1) is 6.61 Å². The van der Waals surface area contributed by atoms with Gasteiger partial charge in [-0.15, -0.1) is 0 Å². The van der Waals surface area contributed by atoms with Crippen molar-refractivity contribution < 1.29 is 40.6 Å². The molecule has 0 aliphatic rings. The molecule has 2 rings (SSSR count). The largest absolute Gasteiger partial charge is 0.434 e. The summed E-state index contributed by atoms with van der Waals surface area (Å²) < 4.78 is 83.7. The van der Waals surface area contributed by atoms with Crippen molar-refractivity contribution in [3.05, 3.63) is 59.7 Å². The van der Waals surface area contributed by atoms with Gasteiger partial charge in [-0.2, -0.15) is 17.6 Å². The molecule has 0 bridgehead atoms. The number of hydrogen-bond acceptors (Lipinski definition) is 3. The van der Waals surface area contributed by atoms with Crippen LogP contribution in [0.25, 0.3) is 0 Å². The van der Waals surface area contributed by atoms with Crippen LogP contribution in [0, 0.1) is 0 Å². The fourth-order valence-corrected chi connectivity index (χ4v) is 2.32. The third-order valence-corrected chi connectivity index (χ3v) is 3.70. The Bertz CT molecular complexity index is 835. The summed E-state index contributed by atoms with van der Waals surface area (Å²) >= 11 is 0. The molecule has 5 nitrogen and oxygen atoms in total. The molecule has 0 saturated carbocycles. The van der Waals surface area contributed by atoms with Gasteiger partial charge in [0.1, 0.15) is 12.4 Å². The number of amides is 2. The van der Waals surface area contributed by atoms with Crippen LogP contribution in [0.1, 0.15) is 11.1 Å². The zero-order chi connectivity index (χ0) is 22.1. The average molecular weight is 436 g/mol. The highest BCUT2D eigenvalue weighted by Crippen LogP contribution is 2.24.